The molecule has 0 radical (unpaired) electrons. The molecule has 37 heavy (non-hydrogen) atoms. The fourth-order valence-electron chi connectivity index (χ4n) is 4.04. The number of amides is 2. The van der Waals surface area contributed by atoms with Crippen molar-refractivity contribution in [2.45, 2.75) is 45.2 Å². The van der Waals surface area contributed by atoms with Crippen LogP contribution < -0.4 is 9.62 Å². The number of halogens is 1. The van der Waals surface area contributed by atoms with Crippen LogP contribution in [0.1, 0.15) is 29.2 Å². The van der Waals surface area contributed by atoms with Crippen LogP contribution in [0, 0.1) is 20.8 Å². The predicted octanol–water partition coefficient (Wildman–Crippen LogP) is 4.73. The van der Waals surface area contributed by atoms with E-state index in [1.807, 2.05) is 51.1 Å². The zero-order chi connectivity index (χ0) is 27.3. The molecule has 1 N–H and O–H groups in total. The Balaban J connectivity index is 2.06. The van der Waals surface area contributed by atoms with Crippen LogP contribution in [0.3, 0.4) is 0 Å². The zero-order valence-electron chi connectivity index (χ0n) is 21.7. The third-order valence-corrected chi connectivity index (χ3v) is 8.38. The molecule has 0 heterocycles. The second kappa shape index (κ2) is 11.9. The van der Waals surface area contributed by atoms with Gasteiger partial charge in [0.15, 0.2) is 0 Å². The summed E-state index contributed by atoms with van der Waals surface area (Å²) in [5.74, 6) is -0.835. The predicted molar refractivity (Wildman–Crippen MR) is 150 cm³/mol. The summed E-state index contributed by atoms with van der Waals surface area (Å²) in [6.07, 6.45) is 0. The number of hydrogen-bond acceptors (Lipinski definition) is 4. The van der Waals surface area contributed by atoms with Gasteiger partial charge in [0.2, 0.25) is 11.8 Å². The molecule has 0 saturated carbocycles. The van der Waals surface area contributed by atoms with Crippen molar-refractivity contribution in [2.24, 2.45) is 0 Å². The third-order valence-electron chi connectivity index (χ3n) is 6.06. The summed E-state index contributed by atoms with van der Waals surface area (Å²) in [6.45, 7) is 6.95. The third kappa shape index (κ3) is 6.99. The van der Waals surface area contributed by atoms with Gasteiger partial charge in [-0.15, -0.1) is 0 Å². The van der Waals surface area contributed by atoms with E-state index in [1.165, 1.54) is 24.1 Å². The lowest BCUT2D eigenvalue weighted by molar-refractivity contribution is -0.139. The Labute approximate surface area is 227 Å². The monoisotopic (exact) mass is 585 g/mol. The van der Waals surface area contributed by atoms with E-state index < -0.39 is 28.5 Å². The van der Waals surface area contributed by atoms with Crippen molar-refractivity contribution in [3.8, 4) is 0 Å². The molecule has 1 atom stereocenters. The molecule has 9 heteroatoms. The molecule has 0 fully saturated rings. The van der Waals surface area contributed by atoms with E-state index in [1.54, 1.807) is 31.2 Å². The van der Waals surface area contributed by atoms with E-state index in [0.29, 0.717) is 5.69 Å². The number of nitrogens with zero attached hydrogens (tertiary/aromatic N) is 2. The van der Waals surface area contributed by atoms with Gasteiger partial charge in [-0.3, -0.25) is 13.9 Å². The van der Waals surface area contributed by atoms with Crippen LogP contribution in [-0.4, -0.2) is 44.8 Å². The lowest BCUT2D eigenvalue weighted by atomic mass is 10.1. The molecule has 0 spiro atoms. The van der Waals surface area contributed by atoms with Gasteiger partial charge < -0.3 is 10.2 Å². The molecule has 196 valence electrons. The topological polar surface area (TPSA) is 86.8 Å². The van der Waals surface area contributed by atoms with Crippen LogP contribution >= 0.6 is 15.9 Å². The number of hydrogen-bond donors (Lipinski definition) is 1. The summed E-state index contributed by atoms with van der Waals surface area (Å²) in [7, 11) is -2.58. The average Bonchev–Trinajstić information content (AvgIpc) is 2.85. The van der Waals surface area contributed by atoms with Gasteiger partial charge >= 0.3 is 0 Å². The fourth-order valence-corrected chi connectivity index (χ4v) is 5.70. The fraction of sp³-hybridized carbons (Fsp3) is 0.286. The van der Waals surface area contributed by atoms with Crippen molar-refractivity contribution < 1.29 is 18.0 Å². The van der Waals surface area contributed by atoms with Gasteiger partial charge in [0.1, 0.15) is 12.6 Å². The second-order valence-electron chi connectivity index (χ2n) is 9.11. The van der Waals surface area contributed by atoms with Crippen LogP contribution in [-0.2, 0) is 26.2 Å². The molecule has 0 unspecified atom stereocenters. The Morgan fingerprint density at radius 1 is 0.892 bits per heavy atom. The van der Waals surface area contributed by atoms with Crippen LogP contribution in [0.5, 0.6) is 0 Å². The van der Waals surface area contributed by atoms with E-state index in [9.17, 15) is 18.0 Å². The highest BCUT2D eigenvalue weighted by molar-refractivity contribution is 9.10. The Bertz CT molecular complexity index is 1350. The SMILES string of the molecule is CNC(=O)[C@@H](C)N(Cc1ccc(Br)cc1)C(=O)CN(c1cc(C)cc(C)c1)S(=O)(=O)c1ccc(C)cc1. The van der Waals surface area contributed by atoms with E-state index in [-0.39, 0.29) is 17.3 Å². The highest BCUT2D eigenvalue weighted by atomic mass is 79.9. The largest absolute Gasteiger partial charge is 0.357 e. The van der Waals surface area contributed by atoms with E-state index in [4.69, 9.17) is 0 Å². The van der Waals surface area contributed by atoms with Crippen LogP contribution in [0.25, 0.3) is 0 Å². The Hall–Kier alpha value is -3.17. The molecule has 7 nitrogen and oxygen atoms in total. The van der Waals surface area contributed by atoms with Gasteiger partial charge in [-0.1, -0.05) is 51.8 Å². The molecule has 0 bridgehead atoms. The van der Waals surface area contributed by atoms with E-state index >= 15 is 0 Å². The van der Waals surface area contributed by atoms with Crippen molar-refractivity contribution in [3.05, 3.63) is 93.5 Å². The molecule has 0 aromatic heterocycles. The lowest BCUT2D eigenvalue weighted by Crippen LogP contribution is -2.50. The van der Waals surface area contributed by atoms with Crippen molar-refractivity contribution >= 4 is 43.5 Å². The number of aryl methyl sites for hydroxylation is 3. The van der Waals surface area contributed by atoms with Gasteiger partial charge in [0.25, 0.3) is 10.0 Å². The molecule has 3 rings (SSSR count). The molecular weight excluding hydrogens is 554 g/mol. The molecule has 3 aromatic rings. The summed E-state index contributed by atoms with van der Waals surface area (Å²) in [4.78, 5) is 27.8. The molecule has 0 aliphatic heterocycles. The van der Waals surface area contributed by atoms with Crippen LogP contribution in [0.2, 0.25) is 0 Å². The summed E-state index contributed by atoms with van der Waals surface area (Å²) >= 11 is 3.40. The van der Waals surface area contributed by atoms with Crippen molar-refractivity contribution in [1.82, 2.24) is 10.2 Å². The number of carbonyl (C=O) groups excluding carboxylic acids is 2. The van der Waals surface area contributed by atoms with Gasteiger partial charge in [-0.25, -0.2) is 8.42 Å². The maximum atomic E-state index is 13.9. The van der Waals surface area contributed by atoms with Crippen molar-refractivity contribution in [1.29, 1.82) is 0 Å². The Morgan fingerprint density at radius 2 is 1.46 bits per heavy atom. The maximum Gasteiger partial charge on any atom is 0.264 e. The smallest absolute Gasteiger partial charge is 0.264 e. The first-order valence-electron chi connectivity index (χ1n) is 11.9. The van der Waals surface area contributed by atoms with E-state index in [0.717, 1.165) is 31.0 Å². The summed E-state index contributed by atoms with van der Waals surface area (Å²) < 4.78 is 29.7. The minimum atomic E-state index is -4.08. The first kappa shape index (κ1) is 28.4. The normalized spacial score (nSPS) is 12.1. The van der Waals surface area contributed by atoms with Crippen molar-refractivity contribution in [2.75, 3.05) is 17.9 Å². The number of anilines is 1. The second-order valence-corrected chi connectivity index (χ2v) is 11.9. The number of benzene rings is 3. The molecule has 3 aromatic carbocycles. The minimum absolute atomic E-state index is 0.0869. The number of sulfonamides is 1. The zero-order valence-corrected chi connectivity index (χ0v) is 24.1. The highest BCUT2D eigenvalue weighted by Gasteiger charge is 2.32. The number of likely N-dealkylation sites (N-methyl/N-ethyl adjacent to an activating group) is 1. The summed E-state index contributed by atoms with van der Waals surface area (Å²) in [6, 6.07) is 18.6. The quantitative estimate of drug-likeness (QED) is 0.393. The first-order chi connectivity index (χ1) is 17.4. The van der Waals surface area contributed by atoms with Gasteiger partial charge in [0.05, 0.1) is 10.6 Å². The maximum absolute atomic E-state index is 13.9. The van der Waals surface area contributed by atoms with Gasteiger partial charge in [-0.2, -0.15) is 0 Å². The van der Waals surface area contributed by atoms with Crippen molar-refractivity contribution in [3.63, 3.8) is 0 Å². The van der Waals surface area contributed by atoms with Crippen LogP contribution in [0.15, 0.2) is 76.1 Å². The molecular formula is C28H32BrN3O4S. The molecule has 0 aliphatic carbocycles. The number of carbonyl (C=O) groups is 2. The Kier molecular flexibility index (Phi) is 9.15. The number of rotatable bonds is 9. The Morgan fingerprint density at radius 3 is 2.00 bits per heavy atom. The van der Waals surface area contributed by atoms with Gasteiger partial charge in [-0.05, 0) is 80.8 Å². The number of nitrogens with one attached hydrogen (secondary N) is 1. The lowest BCUT2D eigenvalue weighted by Gasteiger charge is -2.32. The van der Waals surface area contributed by atoms with Gasteiger partial charge in [0, 0.05) is 18.1 Å². The average molecular weight is 587 g/mol. The van der Waals surface area contributed by atoms with Crippen LogP contribution in [0.4, 0.5) is 5.69 Å². The standard InChI is InChI=1S/C28H32BrN3O4S/c1-19-6-12-26(13-7-19)37(35,36)32(25-15-20(2)14-21(3)16-25)18-27(33)31(22(4)28(34)30-5)17-23-8-10-24(29)11-9-23/h6-16,22H,17-18H2,1-5H3,(H,30,34)/t22-/m1/s1. The minimum Gasteiger partial charge on any atom is -0.357 e. The first-order valence-corrected chi connectivity index (χ1v) is 14.1. The summed E-state index contributed by atoms with van der Waals surface area (Å²) in [5, 5.41) is 2.58. The van der Waals surface area contributed by atoms with E-state index in [2.05, 4.69) is 21.2 Å². The summed E-state index contributed by atoms with van der Waals surface area (Å²) in [5.41, 5.74) is 3.87. The highest BCUT2D eigenvalue weighted by Crippen LogP contribution is 2.27. The molecule has 0 aliphatic rings. The molecule has 0 saturated heterocycles. The molecule has 2 amide bonds.